The first-order chi connectivity index (χ1) is 47.2. The van der Waals surface area contributed by atoms with Crippen LogP contribution >= 0.6 is 0 Å². The SMILES string of the molecule is CCCCC/C=C\C=C\C(CCCCCCCC(=O)O[C@H]1CC[C@@]2(C)C(=CCC3C4CCC(C(C)CCCC(C)C)[C@@]4(C)CCC32)C1)OO.CCCCCC(/C=C/C=C\CCCCCCCC(=O)O[C@H]1CC[C@@]2(C)C(=CCC3C4CCC(C(C)CCCC(C)C)[C@@]4(C)CCC32)C1)OO. The van der Waals surface area contributed by atoms with Crippen molar-refractivity contribution in [3.63, 3.8) is 0 Å². The number of hydrogen-bond donors (Lipinski definition) is 2. The van der Waals surface area contributed by atoms with Crippen LogP contribution in [0.1, 0.15) is 366 Å². The summed E-state index contributed by atoms with van der Waals surface area (Å²) in [4.78, 5) is 34.9. The Morgan fingerprint density at radius 1 is 0.449 bits per heavy atom. The number of ether oxygens (including phenoxy) is 2. The molecule has 8 aliphatic rings. The molecule has 0 aromatic rings. The largest absolute Gasteiger partial charge is 0.462 e. The molecule has 0 aromatic carbocycles. The average molecular weight is 1360 g/mol. The monoisotopic (exact) mass is 1360 g/mol. The molecule has 8 heteroatoms. The first-order valence-corrected chi connectivity index (χ1v) is 42.3. The maximum atomic E-state index is 12.8. The van der Waals surface area contributed by atoms with Crippen molar-refractivity contribution in [3.05, 3.63) is 71.9 Å². The van der Waals surface area contributed by atoms with E-state index in [9.17, 15) is 14.8 Å². The molecule has 0 aliphatic heterocycles. The third kappa shape index (κ3) is 23.6. The highest BCUT2D eigenvalue weighted by atomic mass is 17.1. The van der Waals surface area contributed by atoms with Crippen molar-refractivity contribution in [2.45, 2.75) is 390 Å². The summed E-state index contributed by atoms with van der Waals surface area (Å²) in [6, 6.07) is 0. The summed E-state index contributed by atoms with van der Waals surface area (Å²) >= 11 is 0. The van der Waals surface area contributed by atoms with Crippen LogP contribution in [0.4, 0.5) is 0 Å². The van der Waals surface area contributed by atoms with E-state index in [-0.39, 0.29) is 36.4 Å². The fourth-order valence-corrected chi connectivity index (χ4v) is 22.4. The number of unbranched alkanes of at least 4 members (excludes halogenated alkanes) is 14. The molecule has 0 bridgehead atoms. The van der Waals surface area contributed by atoms with Gasteiger partial charge in [-0.05, 0) is 234 Å². The number of fused-ring (bicyclic) bond motifs is 10. The van der Waals surface area contributed by atoms with Crippen LogP contribution in [-0.2, 0) is 28.8 Å². The minimum Gasteiger partial charge on any atom is -0.462 e. The maximum Gasteiger partial charge on any atom is 0.306 e. The number of esters is 2. The molecule has 0 amide bonds. The van der Waals surface area contributed by atoms with Crippen molar-refractivity contribution >= 4 is 11.9 Å². The van der Waals surface area contributed by atoms with Crippen molar-refractivity contribution in [1.82, 2.24) is 0 Å². The fourth-order valence-electron chi connectivity index (χ4n) is 22.4. The molecule has 0 heterocycles. The number of carbonyl (C=O) groups excluding carboxylic acids is 2. The van der Waals surface area contributed by atoms with E-state index in [4.69, 9.17) is 14.7 Å². The van der Waals surface area contributed by atoms with Crippen molar-refractivity contribution in [2.75, 3.05) is 0 Å². The number of allylic oxidation sites excluding steroid dienone is 8. The minimum absolute atomic E-state index is 0.00235. The molecule has 560 valence electrons. The van der Waals surface area contributed by atoms with Gasteiger partial charge in [-0.3, -0.25) is 20.1 Å². The summed E-state index contributed by atoms with van der Waals surface area (Å²) in [5.74, 6) is 10.3. The highest BCUT2D eigenvalue weighted by Gasteiger charge is 2.61. The Bertz CT molecular complexity index is 2480. The molecule has 0 spiro atoms. The van der Waals surface area contributed by atoms with E-state index >= 15 is 0 Å². The number of carbonyl (C=O) groups is 2. The second kappa shape index (κ2) is 42.2. The van der Waals surface area contributed by atoms with E-state index in [1.54, 1.807) is 11.1 Å². The van der Waals surface area contributed by atoms with Gasteiger partial charge in [0.2, 0.25) is 0 Å². The van der Waals surface area contributed by atoms with E-state index < -0.39 is 0 Å². The molecule has 0 saturated heterocycles. The second-order valence-corrected chi connectivity index (χ2v) is 35.8. The van der Waals surface area contributed by atoms with Gasteiger partial charge in [-0.25, -0.2) is 9.78 Å². The van der Waals surface area contributed by atoms with Gasteiger partial charge >= 0.3 is 11.9 Å². The summed E-state index contributed by atoms with van der Waals surface area (Å²) in [5, 5.41) is 18.3. The summed E-state index contributed by atoms with van der Waals surface area (Å²) in [6.45, 7) is 29.6. The Morgan fingerprint density at radius 2 is 0.847 bits per heavy atom. The molecule has 6 saturated carbocycles. The quantitative estimate of drug-likeness (QED) is 0.0155. The van der Waals surface area contributed by atoms with Gasteiger partial charge < -0.3 is 9.47 Å². The fraction of sp³-hybridized carbons (Fsp3) is 0.844. The highest BCUT2D eigenvalue weighted by Crippen LogP contribution is 2.69. The zero-order valence-corrected chi connectivity index (χ0v) is 65.5. The van der Waals surface area contributed by atoms with Gasteiger partial charge in [-0.1, -0.05) is 271 Å². The molecule has 8 aliphatic carbocycles. The smallest absolute Gasteiger partial charge is 0.306 e. The molecule has 2 N–H and O–H groups in total. The Labute approximate surface area is 602 Å². The molecule has 0 radical (unpaired) electrons. The second-order valence-electron chi connectivity index (χ2n) is 35.8. The average Bonchev–Trinajstić information content (AvgIpc) is 1.38. The Hall–Kier alpha value is -2.78. The highest BCUT2D eigenvalue weighted by molar-refractivity contribution is 5.70. The van der Waals surface area contributed by atoms with Gasteiger partial charge in [0, 0.05) is 25.7 Å². The van der Waals surface area contributed by atoms with E-state index in [1.807, 2.05) is 24.3 Å². The normalized spacial score (nSPS) is 32.6. The molecular formula is C90H152O8. The van der Waals surface area contributed by atoms with Crippen LogP contribution < -0.4 is 0 Å². The molecule has 8 rings (SSSR count). The van der Waals surface area contributed by atoms with Crippen LogP contribution in [0.3, 0.4) is 0 Å². The van der Waals surface area contributed by atoms with Gasteiger partial charge in [0.15, 0.2) is 0 Å². The van der Waals surface area contributed by atoms with Crippen LogP contribution in [-0.4, -0.2) is 46.9 Å². The van der Waals surface area contributed by atoms with Crippen LogP contribution in [0.25, 0.3) is 0 Å². The molecule has 0 aromatic heterocycles. The van der Waals surface area contributed by atoms with Gasteiger partial charge in [0.25, 0.3) is 0 Å². The molecular weight excluding hydrogens is 1210 g/mol. The van der Waals surface area contributed by atoms with Crippen molar-refractivity contribution < 1.29 is 39.4 Å². The number of hydrogen-bond acceptors (Lipinski definition) is 8. The Balaban J connectivity index is 0.000000276. The molecule has 98 heavy (non-hydrogen) atoms. The van der Waals surface area contributed by atoms with Gasteiger partial charge in [-0.2, -0.15) is 0 Å². The predicted molar refractivity (Wildman–Crippen MR) is 410 cm³/mol. The van der Waals surface area contributed by atoms with Crippen molar-refractivity contribution in [1.29, 1.82) is 0 Å². The van der Waals surface area contributed by atoms with E-state index in [2.05, 4.69) is 129 Å². The molecule has 6 fully saturated rings. The zero-order valence-electron chi connectivity index (χ0n) is 65.5. The first kappa shape index (κ1) is 82.5. The van der Waals surface area contributed by atoms with Crippen LogP contribution in [0.15, 0.2) is 71.9 Å². The zero-order chi connectivity index (χ0) is 70.6. The van der Waals surface area contributed by atoms with Gasteiger partial charge in [0.1, 0.15) is 24.4 Å². The Morgan fingerprint density at radius 3 is 1.28 bits per heavy atom. The third-order valence-electron chi connectivity index (χ3n) is 28.2. The lowest BCUT2D eigenvalue weighted by molar-refractivity contribution is -0.267. The Kier molecular flexibility index (Phi) is 35.6. The van der Waals surface area contributed by atoms with E-state index in [1.165, 1.54) is 167 Å². The minimum atomic E-state index is -0.246. The lowest BCUT2D eigenvalue weighted by Crippen LogP contribution is -2.51. The standard InChI is InChI=1S/2C45H76O4/c1-7-8-16-22-37(49-47)23-17-14-12-10-9-11-13-15-18-24-43(46)48-38-29-31-44(5)36(33-38)25-26-39-41-28-27-40(35(4)21-19-20-34(2)3)45(41,6)32-30-42(39)44;1-7-8-9-10-11-13-16-22-37(49-47)23-17-14-12-15-18-24-43(46)48-38-29-31-44(5)36(33-38)25-26-39-41-28-27-40(35(4)21-19-20-34(2)3)45(41,6)32-30-42(39)44/h12,14,17,23,25,34-35,37-42,47H,7-11,13,15-16,18-22,24,26-33H2,1-6H3;11,13,16,22,25,34-35,37-42,47H,7-10,12,14-15,17-21,23-24,26-33H2,1-6H3/b14-12-,23-17+;13-11-,22-16+/t2*35?,37?,38-,39?,40?,41?,42?,44-,45+/m00/s1. The van der Waals surface area contributed by atoms with Crippen molar-refractivity contribution in [3.8, 4) is 0 Å². The van der Waals surface area contributed by atoms with Gasteiger partial charge in [0.05, 0.1) is 0 Å². The summed E-state index contributed by atoms with van der Waals surface area (Å²) in [6.07, 6.45) is 72.8. The number of rotatable bonds is 42. The summed E-state index contributed by atoms with van der Waals surface area (Å²) < 4.78 is 12.2. The van der Waals surface area contributed by atoms with E-state index in [0.717, 1.165) is 174 Å². The lowest BCUT2D eigenvalue weighted by atomic mass is 9.47. The lowest BCUT2D eigenvalue weighted by Gasteiger charge is -2.58. The van der Waals surface area contributed by atoms with Crippen LogP contribution in [0, 0.1) is 92.7 Å². The first-order valence-electron chi connectivity index (χ1n) is 42.3. The van der Waals surface area contributed by atoms with Crippen LogP contribution in [0.2, 0.25) is 0 Å². The molecule has 8 nitrogen and oxygen atoms in total. The molecule has 12 unspecified atom stereocenters. The van der Waals surface area contributed by atoms with E-state index in [0.29, 0.717) is 34.5 Å². The van der Waals surface area contributed by atoms with Gasteiger partial charge in [-0.15, -0.1) is 0 Å². The predicted octanol–water partition coefficient (Wildman–Crippen LogP) is 26.4. The molecule has 18 atom stereocenters. The van der Waals surface area contributed by atoms with Crippen LogP contribution in [0.5, 0.6) is 0 Å². The maximum absolute atomic E-state index is 12.8. The summed E-state index contributed by atoms with van der Waals surface area (Å²) in [5.41, 5.74) is 4.91. The van der Waals surface area contributed by atoms with Crippen molar-refractivity contribution in [2.24, 2.45) is 92.7 Å². The summed E-state index contributed by atoms with van der Waals surface area (Å²) in [7, 11) is 0. The third-order valence-corrected chi connectivity index (χ3v) is 28.2. The topological polar surface area (TPSA) is 112 Å².